The van der Waals surface area contributed by atoms with Crippen LogP contribution in [0.15, 0.2) is 0 Å². The molecule has 0 saturated carbocycles. The summed E-state index contributed by atoms with van der Waals surface area (Å²) in [4.78, 5) is 23.1. The molecule has 0 unspecified atom stereocenters. The largest absolute Gasteiger partial charge is 0.462 e. The Bertz CT molecular complexity index is 398. The molecule has 2 fully saturated rings. The summed E-state index contributed by atoms with van der Waals surface area (Å²) < 4.78 is 15.6. The highest BCUT2D eigenvalue weighted by Gasteiger charge is 2.60. The molecule has 0 spiro atoms. The minimum atomic E-state index is -1.16. The standard InChI is InChI=1S/C13H20O6/c1-12(2,3)11(16)17-6-7-13(4)5-8(14)19-9(13)10(15)18-7/h7,9-10,15H,5-6H2,1-4H3/t7-,9-,10+,13+/m1/s1. The Hall–Kier alpha value is -1.14. The molecule has 0 aromatic heterocycles. The Labute approximate surface area is 112 Å². The van der Waals surface area contributed by atoms with E-state index in [1.807, 2.05) is 0 Å². The number of carbonyl (C=O) groups is 2. The number of hydrogen-bond donors (Lipinski definition) is 1. The summed E-state index contributed by atoms with van der Waals surface area (Å²) >= 11 is 0. The third kappa shape index (κ3) is 2.47. The first kappa shape index (κ1) is 14.3. The molecule has 2 saturated heterocycles. The van der Waals surface area contributed by atoms with Crippen LogP contribution >= 0.6 is 0 Å². The Morgan fingerprint density at radius 2 is 2.16 bits per heavy atom. The van der Waals surface area contributed by atoms with E-state index in [-0.39, 0.29) is 25.0 Å². The van der Waals surface area contributed by atoms with Crippen LogP contribution in [0.5, 0.6) is 0 Å². The lowest BCUT2D eigenvalue weighted by Crippen LogP contribution is -2.38. The maximum absolute atomic E-state index is 11.7. The van der Waals surface area contributed by atoms with Crippen molar-refractivity contribution in [2.45, 2.75) is 52.6 Å². The number of rotatable bonds is 2. The topological polar surface area (TPSA) is 82.1 Å². The van der Waals surface area contributed by atoms with Gasteiger partial charge in [0.1, 0.15) is 12.7 Å². The van der Waals surface area contributed by atoms with E-state index in [4.69, 9.17) is 14.2 Å². The number of fused-ring (bicyclic) bond motifs is 1. The number of aliphatic hydroxyl groups excluding tert-OH is 1. The number of esters is 2. The highest BCUT2D eigenvalue weighted by atomic mass is 16.7. The van der Waals surface area contributed by atoms with Gasteiger partial charge in [0.05, 0.1) is 11.8 Å². The summed E-state index contributed by atoms with van der Waals surface area (Å²) in [5.74, 6) is -0.704. The van der Waals surface area contributed by atoms with E-state index in [1.54, 1.807) is 27.7 Å². The van der Waals surface area contributed by atoms with Gasteiger partial charge in [0, 0.05) is 5.41 Å². The van der Waals surface area contributed by atoms with Crippen molar-refractivity contribution in [2.24, 2.45) is 10.8 Å². The molecule has 0 bridgehead atoms. The highest BCUT2D eigenvalue weighted by Crippen LogP contribution is 2.47. The third-order valence-electron chi connectivity index (χ3n) is 3.71. The van der Waals surface area contributed by atoms with Crippen molar-refractivity contribution < 1.29 is 28.9 Å². The number of aliphatic hydroxyl groups is 1. The predicted molar refractivity (Wildman–Crippen MR) is 63.9 cm³/mol. The summed E-state index contributed by atoms with van der Waals surface area (Å²) in [5, 5.41) is 9.74. The average Bonchev–Trinajstić information content (AvgIpc) is 2.68. The molecule has 0 aromatic rings. The zero-order chi connectivity index (χ0) is 14.4. The van der Waals surface area contributed by atoms with Crippen LogP contribution < -0.4 is 0 Å². The Balaban J connectivity index is 2.02. The van der Waals surface area contributed by atoms with Gasteiger partial charge in [-0.05, 0) is 20.8 Å². The quantitative estimate of drug-likeness (QED) is 0.742. The Kier molecular flexibility index (Phi) is 3.35. The minimum Gasteiger partial charge on any atom is -0.462 e. The van der Waals surface area contributed by atoms with Crippen molar-refractivity contribution in [3.8, 4) is 0 Å². The lowest BCUT2D eigenvalue weighted by molar-refractivity contribution is -0.174. The molecule has 0 radical (unpaired) electrons. The van der Waals surface area contributed by atoms with Gasteiger partial charge in [0.2, 0.25) is 0 Å². The summed E-state index contributed by atoms with van der Waals surface area (Å²) in [6.07, 6.45) is -2.22. The SMILES string of the molecule is CC(C)(C)C(=O)OC[C@H]1O[C@H](O)[C@H]2OC(=O)C[C@]21C. The van der Waals surface area contributed by atoms with Gasteiger partial charge in [0.25, 0.3) is 0 Å². The monoisotopic (exact) mass is 272 g/mol. The highest BCUT2D eigenvalue weighted by molar-refractivity contribution is 5.75. The predicted octanol–water partition coefficient (Wildman–Crippen LogP) is 0.615. The molecule has 4 atom stereocenters. The second kappa shape index (κ2) is 4.45. The molecule has 2 aliphatic rings. The fraction of sp³-hybridized carbons (Fsp3) is 0.846. The molecule has 0 aliphatic carbocycles. The van der Waals surface area contributed by atoms with Crippen molar-refractivity contribution >= 4 is 11.9 Å². The molecule has 2 rings (SSSR count). The first-order chi connectivity index (χ1) is 8.64. The first-order valence-corrected chi connectivity index (χ1v) is 6.35. The van der Waals surface area contributed by atoms with E-state index in [1.165, 1.54) is 0 Å². The van der Waals surface area contributed by atoms with Crippen LogP contribution in [-0.4, -0.2) is 42.1 Å². The number of hydrogen-bond acceptors (Lipinski definition) is 6. The van der Waals surface area contributed by atoms with E-state index in [0.717, 1.165) is 0 Å². The fourth-order valence-electron chi connectivity index (χ4n) is 2.40. The van der Waals surface area contributed by atoms with Crippen molar-refractivity contribution in [3.05, 3.63) is 0 Å². The molecule has 0 amide bonds. The van der Waals surface area contributed by atoms with E-state index >= 15 is 0 Å². The first-order valence-electron chi connectivity index (χ1n) is 6.35. The van der Waals surface area contributed by atoms with E-state index < -0.39 is 29.3 Å². The van der Waals surface area contributed by atoms with Crippen molar-refractivity contribution in [2.75, 3.05) is 6.61 Å². The molecular weight excluding hydrogens is 252 g/mol. The smallest absolute Gasteiger partial charge is 0.311 e. The second-order valence-corrected chi connectivity index (χ2v) is 6.46. The molecule has 6 nitrogen and oxygen atoms in total. The second-order valence-electron chi connectivity index (χ2n) is 6.46. The van der Waals surface area contributed by atoms with Crippen LogP contribution in [0.3, 0.4) is 0 Å². The van der Waals surface area contributed by atoms with Crippen LogP contribution in [0.25, 0.3) is 0 Å². The van der Waals surface area contributed by atoms with E-state index in [9.17, 15) is 14.7 Å². The molecular formula is C13H20O6. The van der Waals surface area contributed by atoms with Crippen molar-refractivity contribution in [3.63, 3.8) is 0 Å². The van der Waals surface area contributed by atoms with Crippen LogP contribution in [0.4, 0.5) is 0 Å². The van der Waals surface area contributed by atoms with Crippen LogP contribution in [0.1, 0.15) is 34.1 Å². The molecule has 108 valence electrons. The normalized spacial score (nSPS) is 37.9. The third-order valence-corrected chi connectivity index (χ3v) is 3.71. The van der Waals surface area contributed by atoms with Crippen LogP contribution in [0, 0.1) is 10.8 Å². The van der Waals surface area contributed by atoms with Gasteiger partial charge in [-0.3, -0.25) is 9.59 Å². The number of ether oxygens (including phenoxy) is 3. The molecule has 2 aliphatic heterocycles. The van der Waals surface area contributed by atoms with E-state index in [0.29, 0.717) is 0 Å². The maximum atomic E-state index is 11.7. The van der Waals surface area contributed by atoms with Gasteiger partial charge < -0.3 is 19.3 Å². The molecule has 2 heterocycles. The van der Waals surface area contributed by atoms with Crippen LogP contribution in [-0.2, 0) is 23.8 Å². The minimum absolute atomic E-state index is 0.0107. The molecule has 1 N–H and O–H groups in total. The Morgan fingerprint density at radius 3 is 2.74 bits per heavy atom. The van der Waals surface area contributed by atoms with Crippen molar-refractivity contribution in [1.82, 2.24) is 0 Å². The van der Waals surface area contributed by atoms with Gasteiger partial charge in [-0.25, -0.2) is 0 Å². The zero-order valence-corrected chi connectivity index (χ0v) is 11.6. The van der Waals surface area contributed by atoms with Gasteiger partial charge in [0.15, 0.2) is 12.4 Å². The maximum Gasteiger partial charge on any atom is 0.311 e. The average molecular weight is 272 g/mol. The molecule has 0 aromatic carbocycles. The molecule has 6 heteroatoms. The lowest BCUT2D eigenvalue weighted by atomic mass is 9.80. The lowest BCUT2D eigenvalue weighted by Gasteiger charge is -2.26. The van der Waals surface area contributed by atoms with Gasteiger partial charge >= 0.3 is 11.9 Å². The van der Waals surface area contributed by atoms with Crippen LogP contribution in [0.2, 0.25) is 0 Å². The summed E-state index contributed by atoms with van der Waals surface area (Å²) in [5.41, 5.74) is -1.24. The van der Waals surface area contributed by atoms with Gasteiger partial charge in [-0.1, -0.05) is 6.92 Å². The molecule has 19 heavy (non-hydrogen) atoms. The summed E-state index contributed by atoms with van der Waals surface area (Å²) in [6, 6.07) is 0. The fourth-order valence-corrected chi connectivity index (χ4v) is 2.40. The zero-order valence-electron chi connectivity index (χ0n) is 11.6. The summed E-state index contributed by atoms with van der Waals surface area (Å²) in [6.45, 7) is 7.08. The summed E-state index contributed by atoms with van der Waals surface area (Å²) in [7, 11) is 0. The number of carbonyl (C=O) groups excluding carboxylic acids is 2. The van der Waals surface area contributed by atoms with Gasteiger partial charge in [-0.15, -0.1) is 0 Å². The van der Waals surface area contributed by atoms with E-state index in [2.05, 4.69) is 0 Å². The Morgan fingerprint density at radius 1 is 1.53 bits per heavy atom. The van der Waals surface area contributed by atoms with Gasteiger partial charge in [-0.2, -0.15) is 0 Å². The van der Waals surface area contributed by atoms with Crippen molar-refractivity contribution in [1.29, 1.82) is 0 Å².